The second-order valence-electron chi connectivity index (χ2n) is 5.79. The van der Waals surface area contributed by atoms with Gasteiger partial charge in [0, 0.05) is 13.1 Å². The van der Waals surface area contributed by atoms with Gasteiger partial charge in [-0.15, -0.1) is 0 Å². The van der Waals surface area contributed by atoms with Gasteiger partial charge in [0.05, 0.1) is 11.7 Å². The van der Waals surface area contributed by atoms with Crippen molar-refractivity contribution < 1.29 is 14.9 Å². The number of nitrogens with zero attached hydrogens (tertiary/aromatic N) is 2. The van der Waals surface area contributed by atoms with Crippen molar-refractivity contribution in [1.29, 1.82) is 5.26 Å². The van der Waals surface area contributed by atoms with Crippen molar-refractivity contribution in [3.63, 3.8) is 0 Å². The van der Waals surface area contributed by atoms with Crippen molar-refractivity contribution in [2.45, 2.75) is 25.0 Å². The van der Waals surface area contributed by atoms with Crippen LogP contribution in [0, 0.1) is 17.2 Å². The lowest BCUT2D eigenvalue weighted by atomic mass is 9.82. The van der Waals surface area contributed by atoms with Crippen LogP contribution in [0.25, 0.3) is 0 Å². The van der Waals surface area contributed by atoms with E-state index >= 15 is 0 Å². The van der Waals surface area contributed by atoms with Gasteiger partial charge in [-0.25, -0.2) is 0 Å². The third-order valence-electron chi connectivity index (χ3n) is 3.74. The highest BCUT2D eigenvalue weighted by atomic mass is 16.5. The zero-order valence-electron chi connectivity index (χ0n) is 12.3. The summed E-state index contributed by atoms with van der Waals surface area (Å²) in [6.45, 7) is 1.56. The summed E-state index contributed by atoms with van der Waals surface area (Å²) < 4.78 is 5.51. The minimum absolute atomic E-state index is 0.140. The van der Waals surface area contributed by atoms with Crippen LogP contribution < -0.4 is 4.74 Å². The molecule has 0 saturated heterocycles. The van der Waals surface area contributed by atoms with Gasteiger partial charge in [-0.05, 0) is 37.9 Å². The molecule has 2 rings (SSSR count). The maximum Gasteiger partial charge on any atom is 0.137 e. The molecule has 1 aromatic carbocycles. The van der Waals surface area contributed by atoms with E-state index in [1.807, 2.05) is 7.05 Å². The van der Waals surface area contributed by atoms with E-state index < -0.39 is 6.10 Å². The molecule has 0 bridgehead atoms. The van der Waals surface area contributed by atoms with E-state index in [-0.39, 0.29) is 12.7 Å². The first kappa shape index (κ1) is 15.8. The van der Waals surface area contributed by atoms with Crippen LogP contribution in [0.15, 0.2) is 24.3 Å². The number of aliphatic hydroxyl groups is 2. The normalized spacial score (nSPS) is 22.4. The number of aliphatic hydroxyl groups excluding tert-OH is 2. The van der Waals surface area contributed by atoms with E-state index in [9.17, 15) is 10.2 Å². The molecule has 2 N–H and O–H groups in total. The summed E-state index contributed by atoms with van der Waals surface area (Å²) in [7, 11) is 1.96. The highest BCUT2D eigenvalue weighted by molar-refractivity contribution is 5.42. The Hall–Kier alpha value is -1.61. The number of likely N-dealkylation sites (N-methyl/N-ethyl adjacent to an activating group) is 1. The largest absolute Gasteiger partial charge is 0.489 e. The third kappa shape index (κ3) is 4.71. The van der Waals surface area contributed by atoms with Crippen LogP contribution >= 0.6 is 0 Å². The molecule has 1 aliphatic carbocycles. The molecule has 21 heavy (non-hydrogen) atoms. The maximum absolute atomic E-state index is 10.0. The second-order valence-corrected chi connectivity index (χ2v) is 5.79. The Bertz CT molecular complexity index is 495. The Balaban J connectivity index is 1.71. The van der Waals surface area contributed by atoms with E-state index in [0.29, 0.717) is 23.8 Å². The highest BCUT2D eigenvalue weighted by Crippen LogP contribution is 2.27. The number of ether oxygens (including phenoxy) is 1. The van der Waals surface area contributed by atoms with Gasteiger partial charge in [0.2, 0.25) is 0 Å². The number of benzene rings is 1. The fraction of sp³-hybridized carbons (Fsp3) is 0.562. The average molecular weight is 290 g/mol. The van der Waals surface area contributed by atoms with Crippen LogP contribution in [0.1, 0.15) is 18.4 Å². The molecule has 1 saturated carbocycles. The fourth-order valence-electron chi connectivity index (χ4n) is 2.65. The summed E-state index contributed by atoms with van der Waals surface area (Å²) in [5, 5.41) is 28.2. The molecule has 0 amide bonds. The standard InChI is InChI=1S/C16H22N2O3/c1-18(9-12-6-14(19)7-12)10-15(20)11-21-16-5-3-2-4-13(16)8-17/h2-5,12,14-15,19-20H,6-7,9-11H2,1H3. The topological polar surface area (TPSA) is 76.7 Å². The molecule has 1 aliphatic rings. The molecule has 114 valence electrons. The predicted octanol–water partition coefficient (Wildman–Crippen LogP) is 1.00. The molecule has 1 aromatic rings. The lowest BCUT2D eigenvalue weighted by Crippen LogP contribution is -2.40. The predicted molar refractivity (Wildman–Crippen MR) is 78.9 cm³/mol. The highest BCUT2D eigenvalue weighted by Gasteiger charge is 2.28. The van der Waals surface area contributed by atoms with Crippen LogP contribution in [0.2, 0.25) is 0 Å². The van der Waals surface area contributed by atoms with Crippen LogP contribution in [-0.2, 0) is 0 Å². The first-order chi connectivity index (χ1) is 10.1. The molecule has 5 nitrogen and oxygen atoms in total. The molecular weight excluding hydrogens is 268 g/mol. The van der Waals surface area contributed by atoms with Crippen LogP contribution in [0.4, 0.5) is 0 Å². The lowest BCUT2D eigenvalue weighted by Gasteiger charge is -2.35. The van der Waals surface area contributed by atoms with Crippen LogP contribution in [-0.4, -0.2) is 54.1 Å². The van der Waals surface area contributed by atoms with Crippen molar-refractivity contribution in [3.8, 4) is 11.8 Å². The first-order valence-electron chi connectivity index (χ1n) is 7.25. The maximum atomic E-state index is 10.0. The summed E-state index contributed by atoms with van der Waals surface area (Å²) in [6, 6.07) is 9.06. The number of rotatable bonds is 7. The fourth-order valence-corrected chi connectivity index (χ4v) is 2.65. The molecule has 0 spiro atoms. The van der Waals surface area contributed by atoms with Crippen molar-refractivity contribution in [2.75, 3.05) is 26.7 Å². The van der Waals surface area contributed by atoms with Gasteiger partial charge in [0.25, 0.3) is 0 Å². The summed E-state index contributed by atoms with van der Waals surface area (Å²) in [5.41, 5.74) is 0.474. The molecule has 5 heteroatoms. The summed E-state index contributed by atoms with van der Waals surface area (Å²) in [5.74, 6) is 1.03. The van der Waals surface area contributed by atoms with E-state index in [1.54, 1.807) is 24.3 Å². The Morgan fingerprint density at radius 3 is 2.81 bits per heavy atom. The lowest BCUT2D eigenvalue weighted by molar-refractivity contribution is 0.0162. The van der Waals surface area contributed by atoms with E-state index in [0.717, 1.165) is 19.4 Å². The Morgan fingerprint density at radius 2 is 2.14 bits per heavy atom. The molecular formula is C16H22N2O3. The minimum atomic E-state index is -0.605. The molecule has 1 fully saturated rings. The molecule has 0 aliphatic heterocycles. The summed E-state index contributed by atoms with van der Waals surface area (Å²) >= 11 is 0. The van der Waals surface area contributed by atoms with Gasteiger partial charge in [0.1, 0.15) is 24.5 Å². The second kappa shape index (κ2) is 7.41. The van der Waals surface area contributed by atoms with Crippen molar-refractivity contribution >= 4 is 0 Å². The molecule has 1 unspecified atom stereocenters. The van der Waals surface area contributed by atoms with Gasteiger partial charge in [-0.3, -0.25) is 0 Å². The zero-order valence-corrected chi connectivity index (χ0v) is 12.3. The van der Waals surface area contributed by atoms with Gasteiger partial charge in [0.15, 0.2) is 0 Å². The van der Waals surface area contributed by atoms with Crippen molar-refractivity contribution in [3.05, 3.63) is 29.8 Å². The molecule has 0 aromatic heterocycles. The van der Waals surface area contributed by atoms with Gasteiger partial charge in [-0.2, -0.15) is 5.26 Å². The number of hydrogen-bond donors (Lipinski definition) is 2. The summed E-state index contributed by atoms with van der Waals surface area (Å²) in [6.07, 6.45) is 0.963. The Morgan fingerprint density at radius 1 is 1.43 bits per heavy atom. The Kier molecular flexibility index (Phi) is 5.57. The zero-order chi connectivity index (χ0) is 15.2. The van der Waals surface area contributed by atoms with Gasteiger partial charge in [-0.1, -0.05) is 12.1 Å². The van der Waals surface area contributed by atoms with Gasteiger partial charge < -0.3 is 19.8 Å². The smallest absolute Gasteiger partial charge is 0.137 e. The third-order valence-corrected chi connectivity index (χ3v) is 3.74. The van der Waals surface area contributed by atoms with Crippen LogP contribution in [0.3, 0.4) is 0 Å². The van der Waals surface area contributed by atoms with Crippen molar-refractivity contribution in [2.24, 2.45) is 5.92 Å². The van der Waals surface area contributed by atoms with E-state index in [4.69, 9.17) is 10.00 Å². The monoisotopic (exact) mass is 290 g/mol. The number of para-hydroxylation sites is 1. The quantitative estimate of drug-likeness (QED) is 0.783. The molecule has 0 heterocycles. The number of nitriles is 1. The minimum Gasteiger partial charge on any atom is -0.489 e. The van der Waals surface area contributed by atoms with E-state index in [1.165, 1.54) is 0 Å². The average Bonchev–Trinajstić information content (AvgIpc) is 2.43. The van der Waals surface area contributed by atoms with Crippen molar-refractivity contribution in [1.82, 2.24) is 4.90 Å². The van der Waals surface area contributed by atoms with E-state index in [2.05, 4.69) is 11.0 Å². The number of hydrogen-bond acceptors (Lipinski definition) is 5. The summed E-state index contributed by atoms with van der Waals surface area (Å²) in [4.78, 5) is 2.06. The molecule has 0 radical (unpaired) electrons. The van der Waals surface area contributed by atoms with Crippen LogP contribution in [0.5, 0.6) is 5.75 Å². The Labute approximate surface area is 125 Å². The van der Waals surface area contributed by atoms with Gasteiger partial charge >= 0.3 is 0 Å². The molecule has 1 atom stereocenters. The SMILES string of the molecule is CN(CC(O)COc1ccccc1C#N)CC1CC(O)C1. The first-order valence-corrected chi connectivity index (χ1v) is 7.25.